The van der Waals surface area contributed by atoms with Crippen LogP contribution in [0.25, 0.3) is 0 Å². The number of rotatable bonds is 4. The molecule has 0 radical (unpaired) electrons. The number of esters is 1. The van der Waals surface area contributed by atoms with Crippen LogP contribution >= 0.6 is 0 Å². The Morgan fingerprint density at radius 2 is 2.05 bits per heavy atom. The number of amides is 1. The molecule has 0 aromatic rings. The van der Waals surface area contributed by atoms with E-state index < -0.39 is 11.7 Å². The van der Waals surface area contributed by atoms with Gasteiger partial charge in [-0.25, -0.2) is 4.79 Å². The molecule has 5 nitrogen and oxygen atoms in total. The molecule has 0 aromatic carbocycles. The molecule has 120 valence electrons. The highest BCUT2D eigenvalue weighted by Gasteiger charge is 2.35. The number of nitrogens with one attached hydrogen (secondary N) is 1. The summed E-state index contributed by atoms with van der Waals surface area (Å²) in [6.45, 7) is 11.7. The van der Waals surface area contributed by atoms with Crippen LogP contribution in [0.2, 0.25) is 0 Å². The predicted octanol–water partition coefficient (Wildman–Crippen LogP) is 3.19. The Morgan fingerprint density at radius 3 is 2.62 bits per heavy atom. The van der Waals surface area contributed by atoms with E-state index in [2.05, 4.69) is 11.9 Å². The fraction of sp³-hybridized carbons (Fsp3) is 0.750. The van der Waals surface area contributed by atoms with Crippen LogP contribution in [0.3, 0.4) is 0 Å². The number of hydrogen-bond acceptors (Lipinski definition) is 4. The topological polar surface area (TPSA) is 64.6 Å². The summed E-state index contributed by atoms with van der Waals surface area (Å²) in [5.74, 6) is -0.635. The minimum absolute atomic E-state index is 0.255. The minimum Gasteiger partial charge on any atom is -0.465 e. The Labute approximate surface area is 127 Å². The van der Waals surface area contributed by atoms with Crippen LogP contribution in [0.5, 0.6) is 0 Å². The van der Waals surface area contributed by atoms with Crippen LogP contribution in [-0.2, 0) is 14.3 Å². The van der Waals surface area contributed by atoms with Crippen molar-refractivity contribution in [3.8, 4) is 0 Å². The van der Waals surface area contributed by atoms with Gasteiger partial charge in [-0.15, -0.1) is 0 Å². The van der Waals surface area contributed by atoms with E-state index in [9.17, 15) is 9.59 Å². The van der Waals surface area contributed by atoms with Crippen molar-refractivity contribution in [1.82, 2.24) is 5.32 Å². The number of alkyl carbamates (subject to hydrolysis) is 1. The molecule has 2 atom stereocenters. The van der Waals surface area contributed by atoms with Gasteiger partial charge in [0.05, 0.1) is 12.5 Å². The molecule has 1 fully saturated rings. The summed E-state index contributed by atoms with van der Waals surface area (Å²) < 4.78 is 10.5. The third-order valence-electron chi connectivity index (χ3n) is 3.26. The molecule has 1 amide bonds. The van der Waals surface area contributed by atoms with E-state index in [-0.39, 0.29) is 17.9 Å². The molecule has 0 saturated heterocycles. The van der Waals surface area contributed by atoms with Crippen LogP contribution in [0.4, 0.5) is 4.79 Å². The van der Waals surface area contributed by atoms with E-state index in [1.807, 2.05) is 27.7 Å². The molecule has 0 heterocycles. The zero-order chi connectivity index (χ0) is 16.0. The van der Waals surface area contributed by atoms with Crippen molar-refractivity contribution in [1.29, 1.82) is 0 Å². The average Bonchev–Trinajstić information content (AvgIpc) is 2.35. The average molecular weight is 297 g/mol. The van der Waals surface area contributed by atoms with Gasteiger partial charge < -0.3 is 14.8 Å². The van der Waals surface area contributed by atoms with Gasteiger partial charge in [-0.1, -0.05) is 19.1 Å². The summed E-state index contributed by atoms with van der Waals surface area (Å²) in [6, 6.07) is -0.255. The largest absolute Gasteiger partial charge is 0.465 e. The monoisotopic (exact) mass is 297 g/mol. The van der Waals surface area contributed by atoms with Crippen molar-refractivity contribution in [3.63, 3.8) is 0 Å². The molecule has 0 spiro atoms. The lowest BCUT2D eigenvalue weighted by molar-refractivity contribution is -0.150. The fourth-order valence-corrected chi connectivity index (χ4v) is 2.31. The van der Waals surface area contributed by atoms with Gasteiger partial charge in [0, 0.05) is 6.04 Å². The van der Waals surface area contributed by atoms with E-state index in [4.69, 9.17) is 9.47 Å². The van der Waals surface area contributed by atoms with Crippen LogP contribution in [0.15, 0.2) is 12.2 Å². The maximum absolute atomic E-state index is 12.1. The number of ether oxygens (including phenoxy) is 2. The smallest absolute Gasteiger partial charge is 0.407 e. The van der Waals surface area contributed by atoms with Crippen molar-refractivity contribution in [2.45, 2.75) is 65.0 Å². The maximum atomic E-state index is 12.1. The molecular weight excluding hydrogens is 270 g/mol. The molecule has 0 bridgehead atoms. The summed E-state index contributed by atoms with van der Waals surface area (Å²) in [6.07, 6.45) is 2.34. The van der Waals surface area contributed by atoms with E-state index >= 15 is 0 Å². The van der Waals surface area contributed by atoms with Crippen LogP contribution in [-0.4, -0.2) is 30.3 Å². The molecule has 1 saturated carbocycles. The quantitative estimate of drug-likeness (QED) is 0.639. The van der Waals surface area contributed by atoms with Gasteiger partial charge in [0.1, 0.15) is 5.60 Å². The highest BCUT2D eigenvalue weighted by Crippen LogP contribution is 2.29. The Morgan fingerprint density at radius 1 is 1.38 bits per heavy atom. The van der Waals surface area contributed by atoms with Gasteiger partial charge in [-0.3, -0.25) is 4.79 Å². The maximum Gasteiger partial charge on any atom is 0.407 e. The lowest BCUT2D eigenvalue weighted by atomic mass is 9.82. The molecule has 1 aliphatic rings. The van der Waals surface area contributed by atoms with E-state index in [1.165, 1.54) is 0 Å². The highest BCUT2D eigenvalue weighted by atomic mass is 16.6. The second-order valence-corrected chi connectivity index (χ2v) is 6.52. The molecule has 0 unspecified atom stereocenters. The van der Waals surface area contributed by atoms with Gasteiger partial charge in [-0.2, -0.15) is 0 Å². The van der Waals surface area contributed by atoms with Gasteiger partial charge in [0.25, 0.3) is 0 Å². The summed E-state index contributed by atoms with van der Waals surface area (Å²) in [7, 11) is 0. The SMILES string of the molecule is C=C1CC[C@H](NC(=O)OC(C)(C)C)[C@@H](C(=O)OCCC)C1. The Kier molecular flexibility index (Phi) is 6.24. The van der Waals surface area contributed by atoms with E-state index in [1.54, 1.807) is 0 Å². The Balaban J connectivity index is 2.65. The first-order valence-electron chi connectivity index (χ1n) is 7.55. The number of hydrogen-bond donors (Lipinski definition) is 1. The summed E-state index contributed by atoms with van der Waals surface area (Å²) >= 11 is 0. The molecule has 5 heteroatoms. The van der Waals surface area contributed by atoms with Gasteiger partial charge in [-0.05, 0) is 46.5 Å². The van der Waals surface area contributed by atoms with Crippen molar-refractivity contribution in [2.24, 2.45) is 5.92 Å². The summed E-state index contributed by atoms with van der Waals surface area (Å²) in [5, 5.41) is 2.80. The normalized spacial score (nSPS) is 22.6. The standard InChI is InChI=1S/C16H27NO4/c1-6-9-20-14(18)12-10-11(2)7-8-13(12)17-15(19)21-16(3,4)5/h12-13H,2,6-10H2,1,3-5H3,(H,17,19)/t12-,13-/m0/s1. The van der Waals surface area contributed by atoms with Crippen LogP contribution in [0.1, 0.15) is 53.4 Å². The molecule has 21 heavy (non-hydrogen) atoms. The zero-order valence-electron chi connectivity index (χ0n) is 13.5. The van der Waals surface area contributed by atoms with E-state index in [0.717, 1.165) is 18.4 Å². The summed E-state index contributed by atoms with van der Waals surface area (Å²) in [5.41, 5.74) is 0.469. The van der Waals surface area contributed by atoms with Crippen molar-refractivity contribution in [3.05, 3.63) is 12.2 Å². The first-order chi connectivity index (χ1) is 9.73. The van der Waals surface area contributed by atoms with Crippen molar-refractivity contribution < 1.29 is 19.1 Å². The first-order valence-corrected chi connectivity index (χ1v) is 7.55. The van der Waals surface area contributed by atoms with Crippen LogP contribution < -0.4 is 5.32 Å². The van der Waals surface area contributed by atoms with Gasteiger partial charge in [0.2, 0.25) is 0 Å². The molecule has 1 aliphatic carbocycles. The molecule has 1 rings (SSSR count). The fourth-order valence-electron chi connectivity index (χ4n) is 2.31. The number of carbonyl (C=O) groups excluding carboxylic acids is 2. The summed E-state index contributed by atoms with van der Waals surface area (Å²) in [4.78, 5) is 24.0. The van der Waals surface area contributed by atoms with E-state index in [0.29, 0.717) is 19.4 Å². The number of carbonyl (C=O) groups is 2. The Hall–Kier alpha value is -1.52. The molecule has 0 aromatic heterocycles. The second kappa shape index (κ2) is 7.48. The minimum atomic E-state index is -0.555. The second-order valence-electron chi connectivity index (χ2n) is 6.52. The Bertz CT molecular complexity index is 398. The van der Waals surface area contributed by atoms with Gasteiger partial charge in [0.15, 0.2) is 0 Å². The molecular formula is C16H27NO4. The number of allylic oxidation sites excluding steroid dienone is 1. The van der Waals surface area contributed by atoms with Crippen LogP contribution in [0, 0.1) is 5.92 Å². The highest BCUT2D eigenvalue weighted by molar-refractivity contribution is 5.76. The first kappa shape index (κ1) is 17.5. The lowest BCUT2D eigenvalue weighted by Crippen LogP contribution is -2.47. The molecule has 0 aliphatic heterocycles. The van der Waals surface area contributed by atoms with Crippen molar-refractivity contribution >= 4 is 12.1 Å². The lowest BCUT2D eigenvalue weighted by Gasteiger charge is -2.32. The third kappa shape index (κ3) is 6.19. The predicted molar refractivity (Wildman–Crippen MR) is 80.9 cm³/mol. The van der Waals surface area contributed by atoms with Crippen molar-refractivity contribution in [2.75, 3.05) is 6.61 Å². The molecule has 1 N–H and O–H groups in total. The van der Waals surface area contributed by atoms with Gasteiger partial charge >= 0.3 is 12.1 Å². The zero-order valence-corrected chi connectivity index (χ0v) is 13.5. The third-order valence-corrected chi connectivity index (χ3v) is 3.26.